The molecule has 0 saturated carbocycles. The van der Waals surface area contributed by atoms with E-state index in [9.17, 15) is 22.0 Å². The lowest BCUT2D eigenvalue weighted by molar-refractivity contribution is 0.0600. The van der Waals surface area contributed by atoms with E-state index in [1.165, 1.54) is 7.11 Å². The zero-order chi connectivity index (χ0) is 34.3. The monoisotopic (exact) mass is 936 g/mol. The maximum absolute atomic E-state index is 12.0. The number of ether oxygens (including phenoxy) is 1. The van der Waals surface area contributed by atoms with Gasteiger partial charge in [-0.1, -0.05) is 95.1 Å². The van der Waals surface area contributed by atoms with E-state index in [4.69, 9.17) is 45.5 Å². The van der Waals surface area contributed by atoms with Crippen LogP contribution in [0.2, 0.25) is 15.1 Å². The average Bonchev–Trinajstić information content (AvgIpc) is 3.00. The van der Waals surface area contributed by atoms with Gasteiger partial charge in [0, 0.05) is 31.3 Å². The number of rotatable bonds is 5. The summed E-state index contributed by atoms with van der Waals surface area (Å²) >= 11 is 24.2. The minimum Gasteiger partial charge on any atom is -0.465 e. The average molecular weight is 940 g/mol. The van der Waals surface area contributed by atoms with Crippen LogP contribution in [0.4, 0.5) is 8.78 Å². The van der Waals surface area contributed by atoms with Crippen molar-refractivity contribution in [2.45, 2.75) is 11.3 Å². The molecule has 0 N–H and O–H groups in total. The fraction of sp³-hybridized carbons (Fsp3) is 0.0741. The van der Waals surface area contributed by atoms with E-state index in [1.54, 1.807) is 30.3 Å². The molecule has 0 aromatic heterocycles. The van der Waals surface area contributed by atoms with Crippen LogP contribution >= 0.6 is 119 Å². The van der Waals surface area contributed by atoms with E-state index < -0.39 is 21.4 Å². The number of hydrogen-bond acceptors (Lipinski definition) is 4. The van der Waals surface area contributed by atoms with Crippen LogP contribution in [0.15, 0.2) is 98.8 Å². The number of carbonyl (C=O) groups is 1. The molecule has 0 aliphatic carbocycles. The van der Waals surface area contributed by atoms with Crippen molar-refractivity contribution in [3.8, 4) is 11.1 Å². The number of methoxy groups -OCH3 is 1. The molecule has 0 aliphatic heterocycles. The number of esters is 1. The molecule has 4 aromatic carbocycles. The van der Waals surface area contributed by atoms with Crippen LogP contribution in [-0.2, 0) is 13.8 Å². The van der Waals surface area contributed by atoms with Crippen molar-refractivity contribution in [1.29, 1.82) is 0 Å². The van der Waals surface area contributed by atoms with E-state index in [-0.39, 0.29) is 17.4 Å². The molecule has 0 fully saturated rings. The zero-order valence-corrected chi connectivity index (χ0v) is 35.3. The van der Waals surface area contributed by atoms with Crippen LogP contribution in [0.3, 0.4) is 0 Å². The molecule has 45 heavy (non-hydrogen) atoms. The Hall–Kier alpha value is 0.430. The number of alkyl halides is 2. The third-order valence-electron chi connectivity index (χ3n) is 4.99. The van der Waals surface area contributed by atoms with Crippen molar-refractivity contribution in [3.63, 3.8) is 0 Å². The van der Waals surface area contributed by atoms with Crippen molar-refractivity contribution in [3.05, 3.63) is 120 Å². The molecule has 4 atom stereocenters. The van der Waals surface area contributed by atoms with Gasteiger partial charge >= 0.3 is 5.97 Å². The fourth-order valence-corrected chi connectivity index (χ4v) is 5.02. The maximum atomic E-state index is 12.0. The van der Waals surface area contributed by atoms with Crippen LogP contribution in [0.5, 0.6) is 0 Å². The van der Waals surface area contributed by atoms with Gasteiger partial charge in [-0.25, -0.2) is 22.0 Å². The van der Waals surface area contributed by atoms with Crippen LogP contribution in [0, 0.1) is 0 Å². The molecule has 18 heteroatoms. The number of halogens is 8. The maximum Gasteiger partial charge on any atom is 0.337 e. The fourth-order valence-electron chi connectivity index (χ4n) is 2.90. The summed E-state index contributed by atoms with van der Waals surface area (Å²) in [6, 6.07) is 22.4. The number of hydrogen-bond donors (Lipinski definition) is 0. The standard InChI is InChI=1S/C14H10BrClO2.C7H5ClF2O2S.C6H3BrCl2.H7P5/c1-18-14(17)10-5-6-12(13(16)8-10)9-3-2-4-11(15)7-9;8-13(11,12)6-3-1-5(2-4-6)7(9)10;7-6-4(8)2-1-3-5(6)9;1-4-5(2)3/h2-8H,1H3;1-4,7H;1-3H;4H,1-3H2. The topological polar surface area (TPSA) is 60.4 Å². The summed E-state index contributed by atoms with van der Waals surface area (Å²) in [6.07, 6.45) is -2.60. The summed E-state index contributed by atoms with van der Waals surface area (Å²) in [5.41, 5.74) is 2.08. The van der Waals surface area contributed by atoms with Crippen LogP contribution in [0.25, 0.3) is 11.1 Å². The highest BCUT2D eigenvalue weighted by molar-refractivity contribution is 9.11. The first-order valence-corrected chi connectivity index (χ1v) is 25.1. The normalized spacial score (nSPS) is 10.8. The van der Waals surface area contributed by atoms with Crippen LogP contribution in [0.1, 0.15) is 22.3 Å². The van der Waals surface area contributed by atoms with Crippen molar-refractivity contribution >= 4 is 134 Å². The molecular formula is C27H25Br2Cl4F2O4P5S. The molecule has 0 heterocycles. The predicted molar refractivity (Wildman–Crippen MR) is 209 cm³/mol. The largest absolute Gasteiger partial charge is 0.465 e. The van der Waals surface area contributed by atoms with E-state index >= 15 is 0 Å². The molecule has 0 amide bonds. The Labute approximate surface area is 307 Å². The second-order valence-electron chi connectivity index (χ2n) is 8.08. The Morgan fingerprint density at radius 3 is 1.82 bits per heavy atom. The molecule has 4 aromatic rings. The Bertz CT molecular complexity index is 1640. The van der Waals surface area contributed by atoms with Gasteiger partial charge in [0.15, 0.2) is 0 Å². The van der Waals surface area contributed by atoms with Gasteiger partial charge in [0.05, 0.1) is 32.1 Å². The lowest BCUT2D eigenvalue weighted by Gasteiger charge is -2.07. The van der Waals surface area contributed by atoms with Crippen molar-refractivity contribution in [2.24, 2.45) is 0 Å². The van der Waals surface area contributed by atoms with Gasteiger partial charge in [-0.05, 0) is 77.0 Å². The van der Waals surface area contributed by atoms with Gasteiger partial charge in [-0.2, -0.15) is 0 Å². The summed E-state index contributed by atoms with van der Waals surface area (Å²) < 4.78 is 51.8. The Morgan fingerprint density at radius 2 is 1.42 bits per heavy atom. The van der Waals surface area contributed by atoms with Gasteiger partial charge < -0.3 is 4.74 Å². The Morgan fingerprint density at radius 1 is 0.889 bits per heavy atom. The first-order valence-electron chi connectivity index (χ1n) is 11.8. The van der Waals surface area contributed by atoms with E-state index in [0.717, 1.165) is 52.3 Å². The molecule has 244 valence electrons. The highest BCUT2D eigenvalue weighted by Gasteiger charge is 2.12. The summed E-state index contributed by atoms with van der Waals surface area (Å²) in [4.78, 5) is 11.2. The predicted octanol–water partition coefficient (Wildman–Crippen LogP) is 13.3. The van der Waals surface area contributed by atoms with Gasteiger partial charge in [0.2, 0.25) is 0 Å². The highest BCUT2D eigenvalue weighted by Crippen LogP contribution is 2.71. The zero-order valence-electron chi connectivity index (χ0n) is 22.9. The molecule has 0 bridgehead atoms. The quantitative estimate of drug-likeness (QED) is 0.0866. The molecule has 4 rings (SSSR count). The lowest BCUT2D eigenvalue weighted by Crippen LogP contribution is -2.00. The number of benzene rings is 4. The van der Waals surface area contributed by atoms with Gasteiger partial charge in [-0.3, -0.25) is 0 Å². The molecule has 4 unspecified atom stereocenters. The Kier molecular flexibility index (Phi) is 21.4. The van der Waals surface area contributed by atoms with Crippen LogP contribution in [-0.4, -0.2) is 21.5 Å². The van der Waals surface area contributed by atoms with Crippen molar-refractivity contribution in [2.75, 3.05) is 7.11 Å². The number of carbonyl (C=O) groups excluding carboxylic acids is 1. The second kappa shape index (κ2) is 22.2. The van der Waals surface area contributed by atoms with Crippen molar-refractivity contribution < 1.29 is 26.7 Å². The third kappa shape index (κ3) is 16.6. The third-order valence-corrected chi connectivity index (χ3v) is 21.0. The highest BCUT2D eigenvalue weighted by atomic mass is 79.9. The first kappa shape index (κ1) is 43.5. The van der Waals surface area contributed by atoms with E-state index in [2.05, 4.69) is 63.4 Å². The molecule has 0 spiro atoms. The summed E-state index contributed by atoms with van der Waals surface area (Å²) in [5.74, 6) is -0.391. The lowest BCUT2D eigenvalue weighted by atomic mass is 10.0. The summed E-state index contributed by atoms with van der Waals surface area (Å²) in [6.45, 7) is 0.226. The minimum absolute atomic E-state index is 0.182. The molecular weight excluding hydrogens is 915 g/mol. The summed E-state index contributed by atoms with van der Waals surface area (Å²) in [5, 5.41) is 1.81. The smallest absolute Gasteiger partial charge is 0.337 e. The van der Waals surface area contributed by atoms with E-state index in [1.807, 2.05) is 30.3 Å². The second-order valence-corrected chi connectivity index (χ2v) is 27.5. The SMILES string of the molecule is COC(=O)c1ccc(-c2cccc(Br)c2)c(Cl)c1.Clc1cccc(Cl)c1Br.O=S(=O)(Cl)c1ccc(C(F)F)cc1.PPP(P)P. The van der Waals surface area contributed by atoms with Gasteiger partial charge in [-0.15, -0.1) is 26.8 Å². The molecule has 0 radical (unpaired) electrons. The Balaban J connectivity index is 0.000000328. The van der Waals surface area contributed by atoms with Crippen LogP contribution < -0.4 is 0 Å². The molecule has 0 aliphatic rings. The van der Waals surface area contributed by atoms with Crippen molar-refractivity contribution in [1.82, 2.24) is 0 Å². The van der Waals surface area contributed by atoms with Gasteiger partial charge in [0.1, 0.15) is 0 Å². The van der Waals surface area contributed by atoms with Gasteiger partial charge in [0.25, 0.3) is 15.5 Å². The van der Waals surface area contributed by atoms with E-state index in [0.29, 0.717) is 20.6 Å². The first-order chi connectivity index (χ1) is 21.0. The summed E-state index contributed by atoms with van der Waals surface area (Å²) in [7, 11) is 11.7. The minimum atomic E-state index is -3.82. The molecule has 0 saturated heterocycles. The molecule has 4 nitrogen and oxygen atoms in total.